The molecule has 3 aromatic heterocycles. The van der Waals surface area contributed by atoms with Crippen molar-refractivity contribution >= 4 is 22.7 Å². The van der Waals surface area contributed by atoms with Crippen molar-refractivity contribution in [2.45, 2.75) is 13.3 Å². The van der Waals surface area contributed by atoms with Crippen molar-refractivity contribution < 1.29 is 23.5 Å². The Morgan fingerprint density at radius 2 is 1.90 bits per heavy atom. The molecule has 0 unspecified atom stereocenters. The molecule has 0 saturated heterocycles. The number of hydrogen-bond acceptors (Lipinski definition) is 8. The van der Waals surface area contributed by atoms with Crippen molar-refractivity contribution in [1.82, 2.24) is 31.0 Å². The number of amides is 2. The minimum absolute atomic E-state index is 0.0961. The molecule has 0 aliphatic rings. The van der Waals surface area contributed by atoms with Crippen LogP contribution >= 0.6 is 0 Å². The zero-order valence-corrected chi connectivity index (χ0v) is 16.1. The number of fused-ring (bicyclic) bond motifs is 1. The smallest absolute Gasteiger partial charge is 0.289 e. The second-order valence-corrected chi connectivity index (χ2v) is 6.50. The highest BCUT2D eigenvalue weighted by Gasteiger charge is 2.23. The van der Waals surface area contributed by atoms with Crippen LogP contribution in [0.4, 0.5) is 4.39 Å². The third-order valence-electron chi connectivity index (χ3n) is 4.24. The number of aromatic nitrogens is 4. The maximum atomic E-state index is 13.1. The summed E-state index contributed by atoms with van der Waals surface area (Å²) in [6.07, 6.45) is 1.67. The van der Waals surface area contributed by atoms with Crippen molar-refractivity contribution in [2.24, 2.45) is 0 Å². The van der Waals surface area contributed by atoms with Gasteiger partial charge in [-0.25, -0.2) is 9.37 Å². The second-order valence-electron chi connectivity index (χ2n) is 6.50. The summed E-state index contributed by atoms with van der Waals surface area (Å²) in [6.45, 7) is 1.23. The maximum Gasteiger partial charge on any atom is 0.289 e. The summed E-state index contributed by atoms with van der Waals surface area (Å²) in [5, 5.41) is 18.7. The topological polar surface area (TPSA) is 143 Å². The van der Waals surface area contributed by atoms with E-state index in [0.717, 1.165) is 5.56 Å². The van der Waals surface area contributed by atoms with Crippen molar-refractivity contribution in [3.05, 3.63) is 65.6 Å². The molecule has 4 rings (SSSR count). The molecule has 0 aliphatic carbocycles. The van der Waals surface area contributed by atoms with Gasteiger partial charge in [0, 0.05) is 18.5 Å². The monoisotopic (exact) mass is 422 g/mol. The summed E-state index contributed by atoms with van der Waals surface area (Å²) in [4.78, 5) is 31.9. The molecule has 11 heteroatoms. The largest absolute Gasteiger partial charge is 0.504 e. The van der Waals surface area contributed by atoms with Crippen LogP contribution in [-0.4, -0.2) is 37.1 Å². The fraction of sp³-hybridized carbons (Fsp3) is 0.100. The van der Waals surface area contributed by atoms with E-state index < -0.39 is 11.8 Å². The number of carbonyl (C=O) groups is 2. The number of rotatable bonds is 4. The van der Waals surface area contributed by atoms with Crippen molar-refractivity contribution in [1.29, 1.82) is 0 Å². The zero-order valence-electron chi connectivity index (χ0n) is 16.1. The van der Waals surface area contributed by atoms with Crippen LogP contribution in [0.25, 0.3) is 22.5 Å². The lowest BCUT2D eigenvalue weighted by Crippen LogP contribution is -2.40. The van der Waals surface area contributed by atoms with Gasteiger partial charge >= 0.3 is 0 Å². The van der Waals surface area contributed by atoms with Crippen LogP contribution in [-0.2, 0) is 11.2 Å². The van der Waals surface area contributed by atoms with Crippen LogP contribution in [0, 0.1) is 5.82 Å². The number of nitrogens with one attached hydrogen (secondary N) is 2. The Hall–Kier alpha value is -4.41. The summed E-state index contributed by atoms with van der Waals surface area (Å²) >= 11 is 0. The molecule has 0 aliphatic heterocycles. The molecule has 3 heterocycles. The Bertz CT molecular complexity index is 1290. The van der Waals surface area contributed by atoms with E-state index in [-0.39, 0.29) is 52.1 Å². The number of pyridine rings is 2. The van der Waals surface area contributed by atoms with E-state index in [1.807, 2.05) is 0 Å². The van der Waals surface area contributed by atoms with Crippen molar-refractivity contribution in [3.8, 4) is 17.3 Å². The Labute approximate surface area is 174 Å². The molecule has 0 bridgehead atoms. The average molecular weight is 422 g/mol. The molecular weight excluding hydrogens is 407 g/mol. The lowest BCUT2D eigenvalue weighted by atomic mass is 10.1. The number of hydrazine groups is 1. The maximum absolute atomic E-state index is 13.1. The SMILES string of the molecule is CC(=O)NNC(=O)c1nc(-c2nnc(Cc3ccc(F)cc3)o2)c(O)c2ncccc12. The first-order valence-corrected chi connectivity index (χ1v) is 9.04. The fourth-order valence-electron chi connectivity index (χ4n) is 2.85. The molecule has 1 aromatic carbocycles. The van der Waals surface area contributed by atoms with Gasteiger partial charge in [0.1, 0.15) is 17.0 Å². The highest BCUT2D eigenvalue weighted by atomic mass is 19.1. The summed E-state index contributed by atoms with van der Waals surface area (Å²) in [6, 6.07) is 8.92. The molecule has 3 N–H and O–H groups in total. The quantitative estimate of drug-likeness (QED) is 0.423. The number of nitrogens with zero attached hydrogens (tertiary/aromatic N) is 4. The van der Waals surface area contributed by atoms with Crippen LogP contribution in [0.2, 0.25) is 0 Å². The predicted molar refractivity (Wildman–Crippen MR) is 105 cm³/mol. The van der Waals surface area contributed by atoms with E-state index in [1.165, 1.54) is 25.3 Å². The highest BCUT2D eigenvalue weighted by Crippen LogP contribution is 2.34. The van der Waals surface area contributed by atoms with Gasteiger partial charge in [-0.2, -0.15) is 0 Å². The van der Waals surface area contributed by atoms with Gasteiger partial charge in [-0.05, 0) is 29.8 Å². The minimum Gasteiger partial charge on any atom is -0.504 e. The van der Waals surface area contributed by atoms with Gasteiger partial charge in [-0.15, -0.1) is 10.2 Å². The Morgan fingerprint density at radius 3 is 2.65 bits per heavy atom. The summed E-state index contributed by atoms with van der Waals surface area (Å²) < 4.78 is 18.7. The van der Waals surface area contributed by atoms with Crippen molar-refractivity contribution in [2.75, 3.05) is 0 Å². The molecule has 10 nitrogen and oxygen atoms in total. The third-order valence-corrected chi connectivity index (χ3v) is 4.24. The van der Waals surface area contributed by atoms with Gasteiger partial charge in [0.15, 0.2) is 11.4 Å². The van der Waals surface area contributed by atoms with Gasteiger partial charge in [-0.3, -0.25) is 25.4 Å². The molecule has 0 spiro atoms. The van der Waals surface area contributed by atoms with E-state index in [9.17, 15) is 19.1 Å². The zero-order chi connectivity index (χ0) is 22.0. The van der Waals surface area contributed by atoms with Crippen LogP contribution < -0.4 is 10.9 Å². The average Bonchev–Trinajstić information content (AvgIpc) is 3.22. The van der Waals surface area contributed by atoms with E-state index in [2.05, 4.69) is 31.0 Å². The Morgan fingerprint density at radius 1 is 1.13 bits per heavy atom. The van der Waals surface area contributed by atoms with Crippen molar-refractivity contribution in [3.63, 3.8) is 0 Å². The van der Waals surface area contributed by atoms with Crippen LogP contribution in [0.5, 0.6) is 5.75 Å². The first kappa shape index (κ1) is 19.9. The number of hydrogen-bond donors (Lipinski definition) is 3. The summed E-state index contributed by atoms with van der Waals surface area (Å²) in [5.41, 5.74) is 4.99. The van der Waals surface area contributed by atoms with E-state index in [4.69, 9.17) is 4.42 Å². The van der Waals surface area contributed by atoms with Gasteiger partial charge < -0.3 is 9.52 Å². The molecule has 156 valence electrons. The third kappa shape index (κ3) is 4.15. The van der Waals surface area contributed by atoms with Gasteiger partial charge in [0.25, 0.3) is 11.8 Å². The first-order chi connectivity index (χ1) is 14.9. The molecular formula is C20H15FN6O4. The normalized spacial score (nSPS) is 10.8. The number of halogens is 1. The standard InChI is InChI=1S/C20H15FN6O4/c1-10(28)24-26-19(30)16-13-3-2-8-22-15(13)18(29)17(23-16)20-27-25-14(31-20)9-11-4-6-12(21)7-5-11/h2-8,29H,9H2,1H3,(H,24,28)(H,26,30). The first-order valence-electron chi connectivity index (χ1n) is 9.04. The molecule has 0 atom stereocenters. The molecule has 4 aromatic rings. The van der Waals surface area contributed by atoms with Gasteiger partial charge in [0.2, 0.25) is 11.8 Å². The lowest BCUT2D eigenvalue weighted by molar-refractivity contribution is -0.119. The second kappa shape index (κ2) is 8.14. The van der Waals surface area contributed by atoms with E-state index in [1.54, 1.807) is 24.3 Å². The predicted octanol–water partition coefficient (Wildman–Crippen LogP) is 1.90. The molecule has 31 heavy (non-hydrogen) atoms. The minimum atomic E-state index is -0.722. The van der Waals surface area contributed by atoms with Crippen LogP contribution in [0.3, 0.4) is 0 Å². The number of aromatic hydroxyl groups is 1. The van der Waals surface area contributed by atoms with Gasteiger partial charge in [-0.1, -0.05) is 12.1 Å². The Balaban J connectivity index is 1.73. The molecule has 0 radical (unpaired) electrons. The lowest BCUT2D eigenvalue weighted by Gasteiger charge is -2.10. The fourth-order valence-corrected chi connectivity index (χ4v) is 2.85. The molecule has 0 saturated carbocycles. The Kier molecular flexibility index (Phi) is 5.22. The number of carbonyl (C=O) groups excluding carboxylic acids is 2. The van der Waals surface area contributed by atoms with E-state index in [0.29, 0.717) is 0 Å². The molecule has 2 amide bonds. The van der Waals surface area contributed by atoms with Gasteiger partial charge in [0.05, 0.1) is 6.42 Å². The highest BCUT2D eigenvalue weighted by molar-refractivity contribution is 6.07. The number of benzene rings is 1. The van der Waals surface area contributed by atoms with Crippen LogP contribution in [0.1, 0.15) is 28.9 Å². The molecule has 0 fully saturated rings. The van der Waals surface area contributed by atoms with E-state index >= 15 is 0 Å². The summed E-state index contributed by atoms with van der Waals surface area (Å²) in [7, 11) is 0. The van der Waals surface area contributed by atoms with Crippen LogP contribution in [0.15, 0.2) is 47.0 Å². The summed E-state index contributed by atoms with van der Waals surface area (Å²) in [5.74, 6) is -1.83.